The van der Waals surface area contributed by atoms with Gasteiger partial charge >= 0.3 is 12.4 Å². The van der Waals surface area contributed by atoms with Crippen molar-refractivity contribution in [3.8, 4) is 22.4 Å². The second-order valence-corrected chi connectivity index (χ2v) is 12.0. The predicted molar refractivity (Wildman–Crippen MR) is 212 cm³/mol. The van der Waals surface area contributed by atoms with Gasteiger partial charge < -0.3 is 25.5 Å². The van der Waals surface area contributed by atoms with Crippen LogP contribution in [0.25, 0.3) is 33.4 Å². The van der Waals surface area contributed by atoms with Crippen molar-refractivity contribution >= 4 is 40.1 Å². The van der Waals surface area contributed by atoms with Gasteiger partial charge in [0.25, 0.3) is 5.56 Å². The van der Waals surface area contributed by atoms with Crippen molar-refractivity contribution in [3.63, 3.8) is 0 Å². The molecule has 0 spiro atoms. The SMILES string of the molecule is CC.Cn1cnc(-c2ccccc2Nc2ccc(C(F)(F)F)cc2)cc1=N.Cn1oc2cc(-c3ccccc3Nc3ccc(C(F)(F)F)cc3)ccc2c1=O.NC=O. The Kier molecular flexibility index (Phi) is 14.4. The van der Waals surface area contributed by atoms with Crippen LogP contribution in [0.1, 0.15) is 25.0 Å². The first-order chi connectivity index (χ1) is 27.6. The molecule has 0 bridgehead atoms. The Hall–Kier alpha value is -7.10. The third-order valence-corrected chi connectivity index (χ3v) is 8.18. The molecule has 7 rings (SSSR count). The number of aryl methyl sites for hydroxylation is 2. The number of aromatic nitrogens is 3. The normalized spacial score (nSPS) is 10.9. The quantitative estimate of drug-likeness (QED) is 0.0974. The number of nitrogens with one attached hydrogen (secondary N) is 3. The first-order valence-electron chi connectivity index (χ1n) is 17.5. The Labute approximate surface area is 328 Å². The highest BCUT2D eigenvalue weighted by molar-refractivity contribution is 5.87. The minimum absolute atomic E-state index is 0.210. The standard InChI is InChI=1S/C21H15F3N2O2.C18H15F3N4.C2H6.CH3NO/c1-26-20(27)17-11-6-13(12-19(17)28-26)16-4-2-3-5-18(16)25-15-9-7-14(8-10-15)21(22,23)24;1-25-11-23-16(10-17(25)22)14-4-2-3-5-15(14)24-13-8-6-12(7-9-13)18(19,20)21;1-2;2-1-3/h2-12,25H,1H3;2-11,22,24H,1H3;1-2H3;1H,(H2,2,3). The molecule has 16 heteroatoms. The van der Waals surface area contributed by atoms with Gasteiger partial charge in [-0.15, -0.1) is 0 Å². The van der Waals surface area contributed by atoms with E-state index in [9.17, 15) is 31.1 Å². The minimum Gasteiger partial charge on any atom is -0.376 e. The minimum atomic E-state index is -4.37. The maximum Gasteiger partial charge on any atom is 0.416 e. The fraction of sp³-hybridized carbons (Fsp3) is 0.143. The van der Waals surface area contributed by atoms with E-state index >= 15 is 0 Å². The van der Waals surface area contributed by atoms with Crippen molar-refractivity contribution in [2.24, 2.45) is 19.8 Å². The molecule has 10 nitrogen and oxygen atoms in total. The third-order valence-electron chi connectivity index (χ3n) is 8.18. The highest BCUT2D eigenvalue weighted by Crippen LogP contribution is 2.35. The van der Waals surface area contributed by atoms with Crippen LogP contribution in [0.2, 0.25) is 0 Å². The predicted octanol–water partition coefficient (Wildman–Crippen LogP) is 10.0. The van der Waals surface area contributed by atoms with Crippen LogP contribution in [0.4, 0.5) is 49.1 Å². The average Bonchev–Trinajstić information content (AvgIpc) is 3.49. The number of hydrogen-bond acceptors (Lipinski definition) is 7. The van der Waals surface area contributed by atoms with Gasteiger partial charge in [-0.2, -0.15) is 31.1 Å². The van der Waals surface area contributed by atoms with Crippen LogP contribution < -0.4 is 27.4 Å². The molecule has 0 fully saturated rings. The second kappa shape index (κ2) is 19.2. The van der Waals surface area contributed by atoms with Gasteiger partial charge in [0.2, 0.25) is 6.41 Å². The number of nitrogens with two attached hydrogens (primary N) is 1. The van der Waals surface area contributed by atoms with Gasteiger partial charge in [-0.25, -0.2) is 4.98 Å². The summed E-state index contributed by atoms with van der Waals surface area (Å²) in [4.78, 5) is 24.9. The van der Waals surface area contributed by atoms with Crippen molar-refractivity contribution < 1.29 is 35.7 Å². The number of carbonyl (C=O) groups is 1. The van der Waals surface area contributed by atoms with Gasteiger partial charge in [0.15, 0.2) is 5.58 Å². The number of carbonyl (C=O) groups excluding carboxylic acids is 1. The number of rotatable bonds is 6. The zero-order valence-corrected chi connectivity index (χ0v) is 31.6. The Bertz CT molecular complexity index is 2560. The molecule has 2 heterocycles. The molecule has 302 valence electrons. The molecule has 0 aliphatic heterocycles. The van der Waals surface area contributed by atoms with Gasteiger partial charge in [0.1, 0.15) is 5.49 Å². The highest BCUT2D eigenvalue weighted by Gasteiger charge is 2.30. The summed E-state index contributed by atoms with van der Waals surface area (Å²) in [5, 5.41) is 14.6. The Morgan fingerprint density at radius 3 is 1.66 bits per heavy atom. The summed E-state index contributed by atoms with van der Waals surface area (Å²) in [6, 6.07) is 31.3. The molecule has 0 radical (unpaired) electrons. The van der Waals surface area contributed by atoms with Crippen LogP contribution in [0.15, 0.2) is 137 Å². The van der Waals surface area contributed by atoms with E-state index in [0.29, 0.717) is 39.2 Å². The molecule has 2 aromatic heterocycles. The fourth-order valence-corrected chi connectivity index (χ4v) is 5.38. The van der Waals surface area contributed by atoms with Crippen LogP contribution in [-0.4, -0.2) is 20.7 Å². The summed E-state index contributed by atoms with van der Waals surface area (Å²) in [5.74, 6) is 0. The smallest absolute Gasteiger partial charge is 0.376 e. The Morgan fingerprint density at radius 2 is 1.17 bits per heavy atom. The lowest BCUT2D eigenvalue weighted by molar-refractivity contribution is -0.138. The number of alkyl halides is 6. The van der Waals surface area contributed by atoms with E-state index in [1.165, 1.54) is 29.0 Å². The number of benzene rings is 5. The molecule has 1 amide bonds. The maximum atomic E-state index is 12.7. The largest absolute Gasteiger partial charge is 0.416 e. The molecular formula is C42H39F6N7O3. The number of anilines is 4. The van der Waals surface area contributed by atoms with Crippen molar-refractivity contribution in [3.05, 3.63) is 155 Å². The molecule has 58 heavy (non-hydrogen) atoms. The molecule has 0 aliphatic rings. The van der Waals surface area contributed by atoms with E-state index in [1.807, 2.05) is 68.4 Å². The molecule has 5 N–H and O–H groups in total. The Balaban J connectivity index is 0.000000232. The van der Waals surface area contributed by atoms with Crippen molar-refractivity contribution in [2.75, 3.05) is 10.6 Å². The van der Waals surface area contributed by atoms with Gasteiger partial charge in [-0.3, -0.25) is 15.0 Å². The van der Waals surface area contributed by atoms with Gasteiger partial charge in [0.05, 0.1) is 28.5 Å². The Morgan fingerprint density at radius 1 is 0.707 bits per heavy atom. The summed E-state index contributed by atoms with van der Waals surface area (Å²) in [5.41, 5.74) is 8.84. The molecular weight excluding hydrogens is 764 g/mol. The molecule has 0 saturated carbocycles. The monoisotopic (exact) mass is 803 g/mol. The zero-order valence-electron chi connectivity index (χ0n) is 31.6. The summed E-state index contributed by atoms with van der Waals surface area (Å²) in [6.07, 6.45) is -6.93. The third kappa shape index (κ3) is 11.0. The zero-order chi connectivity index (χ0) is 42.6. The number of fused-ring (bicyclic) bond motifs is 1. The molecule has 7 aromatic rings. The number of halogens is 6. The van der Waals surface area contributed by atoms with E-state index < -0.39 is 23.5 Å². The molecule has 0 saturated heterocycles. The number of hydrogen-bond donors (Lipinski definition) is 4. The first-order valence-corrected chi connectivity index (χ1v) is 17.5. The van der Waals surface area contributed by atoms with Crippen LogP contribution in [0.3, 0.4) is 0 Å². The maximum absolute atomic E-state index is 12.7. The molecule has 0 unspecified atom stereocenters. The topological polar surface area (TPSA) is 144 Å². The van der Waals surface area contributed by atoms with Crippen molar-refractivity contribution in [2.45, 2.75) is 26.2 Å². The summed E-state index contributed by atoms with van der Waals surface area (Å²) < 4.78 is 84.4. The average molecular weight is 804 g/mol. The van der Waals surface area contributed by atoms with Crippen LogP contribution in [0, 0.1) is 5.41 Å². The highest BCUT2D eigenvalue weighted by atomic mass is 19.4. The van der Waals surface area contributed by atoms with Crippen LogP contribution >= 0.6 is 0 Å². The van der Waals surface area contributed by atoms with E-state index in [1.54, 1.807) is 43.2 Å². The van der Waals surface area contributed by atoms with Crippen LogP contribution in [-0.2, 0) is 31.2 Å². The number of para-hydroxylation sites is 2. The lowest BCUT2D eigenvalue weighted by Gasteiger charge is -2.13. The second-order valence-electron chi connectivity index (χ2n) is 12.0. The first kappa shape index (κ1) is 43.6. The number of nitrogens with zero attached hydrogens (tertiary/aromatic N) is 3. The number of primary amides is 1. The lowest BCUT2D eigenvalue weighted by atomic mass is 10.0. The van der Waals surface area contributed by atoms with Crippen LogP contribution in [0.5, 0.6) is 0 Å². The number of amides is 1. The molecule has 0 atom stereocenters. The van der Waals surface area contributed by atoms with E-state index in [2.05, 4.69) is 21.4 Å². The van der Waals surface area contributed by atoms with Gasteiger partial charge in [-0.05, 0) is 78.4 Å². The fourth-order valence-electron chi connectivity index (χ4n) is 5.38. The summed E-state index contributed by atoms with van der Waals surface area (Å²) in [6.45, 7) is 4.00. The van der Waals surface area contributed by atoms with E-state index in [0.717, 1.165) is 46.6 Å². The molecule has 5 aromatic carbocycles. The van der Waals surface area contributed by atoms with Crippen molar-refractivity contribution in [1.82, 2.24) is 14.3 Å². The summed E-state index contributed by atoms with van der Waals surface area (Å²) in [7, 11) is 3.27. The van der Waals surface area contributed by atoms with Gasteiger partial charge in [-0.1, -0.05) is 56.3 Å². The van der Waals surface area contributed by atoms with E-state index in [4.69, 9.17) is 14.7 Å². The van der Waals surface area contributed by atoms with E-state index in [-0.39, 0.29) is 12.0 Å². The van der Waals surface area contributed by atoms with Gasteiger partial charge in [0, 0.05) is 54.0 Å². The molecule has 0 aliphatic carbocycles. The summed E-state index contributed by atoms with van der Waals surface area (Å²) >= 11 is 0. The van der Waals surface area contributed by atoms with Crippen molar-refractivity contribution in [1.29, 1.82) is 5.41 Å². The lowest BCUT2D eigenvalue weighted by Crippen LogP contribution is -2.16.